The zero-order chi connectivity index (χ0) is 20.3. The van der Waals surface area contributed by atoms with Crippen LogP contribution in [0.5, 0.6) is 5.75 Å². The maximum absolute atomic E-state index is 12.5. The van der Waals surface area contributed by atoms with Gasteiger partial charge in [0.2, 0.25) is 0 Å². The van der Waals surface area contributed by atoms with E-state index in [1.54, 1.807) is 24.3 Å². The van der Waals surface area contributed by atoms with E-state index < -0.39 is 30.2 Å². The fourth-order valence-electron chi connectivity index (χ4n) is 2.54. The van der Waals surface area contributed by atoms with Gasteiger partial charge in [0.05, 0.1) is 5.56 Å². The molecule has 0 spiro atoms. The monoisotopic (exact) mass is 389 g/mol. The second kappa shape index (κ2) is 7.59. The van der Waals surface area contributed by atoms with Crippen LogP contribution in [0.3, 0.4) is 0 Å². The summed E-state index contributed by atoms with van der Waals surface area (Å²) in [6.07, 6.45) is -4.47. The van der Waals surface area contributed by atoms with Gasteiger partial charge in [-0.1, -0.05) is 24.3 Å². The van der Waals surface area contributed by atoms with Gasteiger partial charge in [-0.05, 0) is 47.2 Å². The summed E-state index contributed by atoms with van der Waals surface area (Å²) < 4.78 is 42.4. The highest BCUT2D eigenvalue weighted by molar-refractivity contribution is 6.00. The van der Waals surface area contributed by atoms with Crippen molar-refractivity contribution in [1.29, 1.82) is 0 Å². The topological polar surface area (TPSA) is 75.6 Å². The van der Waals surface area contributed by atoms with Gasteiger partial charge in [-0.15, -0.1) is 0 Å². The number of phenols is 1. The molecule has 0 unspecified atom stereocenters. The summed E-state index contributed by atoms with van der Waals surface area (Å²) in [6, 6.07) is 13.8. The number of benzene rings is 3. The number of rotatable bonds is 4. The minimum Gasteiger partial charge on any atom is -0.507 e. The van der Waals surface area contributed by atoms with Crippen LogP contribution >= 0.6 is 0 Å². The number of esters is 1. The Labute approximate surface area is 157 Å². The quantitative estimate of drug-likeness (QED) is 0.650. The molecule has 0 saturated heterocycles. The molecular formula is C20H14F3NO4. The van der Waals surface area contributed by atoms with Gasteiger partial charge in [-0.2, -0.15) is 13.2 Å². The minimum atomic E-state index is -4.47. The van der Waals surface area contributed by atoms with E-state index in [0.29, 0.717) is 5.39 Å². The van der Waals surface area contributed by atoms with Gasteiger partial charge in [0, 0.05) is 5.69 Å². The summed E-state index contributed by atoms with van der Waals surface area (Å²) in [5.41, 5.74) is -0.813. The molecule has 0 aliphatic carbocycles. The predicted molar refractivity (Wildman–Crippen MR) is 96.0 cm³/mol. The number of anilines is 1. The van der Waals surface area contributed by atoms with Crippen molar-refractivity contribution >= 4 is 28.3 Å². The fraction of sp³-hybridized carbons (Fsp3) is 0.100. The summed E-state index contributed by atoms with van der Waals surface area (Å²) in [4.78, 5) is 24.0. The molecule has 0 saturated carbocycles. The lowest BCUT2D eigenvalue weighted by Crippen LogP contribution is -2.21. The number of phenolic OH excluding ortho intramolecular Hbond substituents is 1. The van der Waals surface area contributed by atoms with Crippen LogP contribution in [0.2, 0.25) is 0 Å². The number of fused-ring (bicyclic) bond motifs is 1. The Morgan fingerprint density at radius 2 is 1.57 bits per heavy atom. The standard InChI is InChI=1S/C20H14F3NO4/c21-20(22,23)14-5-7-15(8-6-14)24-18(26)11-28-19(27)16-9-12-3-1-2-4-13(12)10-17(16)25/h1-10,25H,11H2,(H,24,26). The molecule has 5 nitrogen and oxygen atoms in total. The summed E-state index contributed by atoms with van der Waals surface area (Å²) in [5.74, 6) is -1.91. The third-order valence-electron chi connectivity index (χ3n) is 3.91. The molecule has 2 N–H and O–H groups in total. The number of aromatic hydroxyl groups is 1. The van der Waals surface area contributed by atoms with Crippen LogP contribution in [-0.4, -0.2) is 23.6 Å². The number of hydrogen-bond donors (Lipinski definition) is 2. The number of carbonyl (C=O) groups excluding carboxylic acids is 2. The van der Waals surface area contributed by atoms with Crippen molar-refractivity contribution in [2.24, 2.45) is 0 Å². The average Bonchev–Trinajstić information content (AvgIpc) is 2.65. The lowest BCUT2D eigenvalue weighted by Gasteiger charge is -2.10. The van der Waals surface area contributed by atoms with Gasteiger partial charge in [-0.25, -0.2) is 4.79 Å². The predicted octanol–water partition coefficient (Wildman–Crippen LogP) is 4.36. The Hall–Kier alpha value is -3.55. The molecule has 0 aromatic heterocycles. The second-order valence-electron chi connectivity index (χ2n) is 5.92. The SMILES string of the molecule is O=C(COC(=O)c1cc2ccccc2cc1O)Nc1ccc(C(F)(F)F)cc1. The summed E-state index contributed by atoms with van der Waals surface area (Å²) >= 11 is 0. The highest BCUT2D eigenvalue weighted by Gasteiger charge is 2.30. The first kappa shape index (κ1) is 19.2. The van der Waals surface area contributed by atoms with Crippen molar-refractivity contribution in [1.82, 2.24) is 0 Å². The summed E-state index contributed by atoms with van der Waals surface area (Å²) in [6.45, 7) is -0.661. The summed E-state index contributed by atoms with van der Waals surface area (Å²) in [7, 11) is 0. The van der Waals surface area contributed by atoms with E-state index in [1.807, 2.05) is 0 Å². The lowest BCUT2D eigenvalue weighted by atomic mass is 10.1. The van der Waals surface area contributed by atoms with Crippen LogP contribution in [0, 0.1) is 0 Å². The molecule has 8 heteroatoms. The molecule has 1 amide bonds. The van der Waals surface area contributed by atoms with Gasteiger partial charge >= 0.3 is 12.1 Å². The molecule has 3 aromatic carbocycles. The van der Waals surface area contributed by atoms with E-state index in [9.17, 15) is 27.9 Å². The molecule has 144 valence electrons. The Morgan fingerprint density at radius 3 is 2.18 bits per heavy atom. The van der Waals surface area contributed by atoms with Crippen molar-refractivity contribution in [2.75, 3.05) is 11.9 Å². The van der Waals surface area contributed by atoms with Crippen LogP contribution in [-0.2, 0) is 15.7 Å². The number of carbonyl (C=O) groups is 2. The lowest BCUT2D eigenvalue weighted by molar-refractivity contribution is -0.137. The molecule has 0 atom stereocenters. The molecule has 3 rings (SSSR count). The first-order valence-electron chi connectivity index (χ1n) is 8.10. The van der Waals surface area contributed by atoms with Crippen molar-refractivity contribution in [3.63, 3.8) is 0 Å². The molecule has 0 aliphatic heterocycles. The van der Waals surface area contributed by atoms with Gasteiger partial charge < -0.3 is 15.2 Å². The van der Waals surface area contributed by atoms with Crippen molar-refractivity contribution in [3.05, 3.63) is 71.8 Å². The smallest absolute Gasteiger partial charge is 0.416 e. The van der Waals surface area contributed by atoms with E-state index in [0.717, 1.165) is 29.7 Å². The van der Waals surface area contributed by atoms with E-state index in [2.05, 4.69) is 5.32 Å². The highest BCUT2D eigenvalue weighted by atomic mass is 19.4. The highest BCUT2D eigenvalue weighted by Crippen LogP contribution is 2.30. The number of amides is 1. The molecule has 28 heavy (non-hydrogen) atoms. The Morgan fingerprint density at radius 1 is 0.964 bits per heavy atom. The number of ether oxygens (including phenoxy) is 1. The Kier molecular flexibility index (Phi) is 5.21. The van der Waals surface area contributed by atoms with E-state index in [-0.39, 0.29) is 17.0 Å². The number of nitrogens with one attached hydrogen (secondary N) is 1. The number of alkyl halides is 3. The number of hydrogen-bond acceptors (Lipinski definition) is 4. The third-order valence-corrected chi connectivity index (χ3v) is 3.91. The first-order valence-corrected chi connectivity index (χ1v) is 8.10. The molecule has 0 bridgehead atoms. The minimum absolute atomic E-state index is 0.0963. The first-order chi connectivity index (χ1) is 13.2. The van der Waals surface area contributed by atoms with Crippen molar-refractivity contribution < 1.29 is 32.6 Å². The molecular weight excluding hydrogens is 375 g/mol. The second-order valence-corrected chi connectivity index (χ2v) is 5.92. The zero-order valence-corrected chi connectivity index (χ0v) is 14.3. The van der Waals surface area contributed by atoms with Crippen LogP contribution in [0.4, 0.5) is 18.9 Å². The maximum atomic E-state index is 12.5. The van der Waals surface area contributed by atoms with Gasteiger partial charge in [0.25, 0.3) is 5.91 Å². The van der Waals surface area contributed by atoms with E-state index in [1.165, 1.54) is 12.1 Å². The van der Waals surface area contributed by atoms with Crippen LogP contribution in [0.1, 0.15) is 15.9 Å². The third kappa shape index (κ3) is 4.40. The fourth-order valence-corrected chi connectivity index (χ4v) is 2.54. The average molecular weight is 389 g/mol. The van der Waals surface area contributed by atoms with Crippen LogP contribution in [0.25, 0.3) is 10.8 Å². The molecule has 0 fully saturated rings. The molecule has 0 heterocycles. The Balaban J connectivity index is 1.61. The summed E-state index contributed by atoms with van der Waals surface area (Å²) in [5, 5.41) is 13.7. The van der Waals surface area contributed by atoms with Gasteiger partial charge in [0.15, 0.2) is 6.61 Å². The van der Waals surface area contributed by atoms with Crippen LogP contribution < -0.4 is 5.32 Å². The maximum Gasteiger partial charge on any atom is 0.416 e. The van der Waals surface area contributed by atoms with Gasteiger partial charge in [-0.3, -0.25) is 4.79 Å². The Bertz CT molecular complexity index is 1030. The normalized spacial score (nSPS) is 11.2. The van der Waals surface area contributed by atoms with Crippen LogP contribution in [0.15, 0.2) is 60.7 Å². The van der Waals surface area contributed by atoms with Crippen molar-refractivity contribution in [2.45, 2.75) is 6.18 Å². The largest absolute Gasteiger partial charge is 0.507 e. The molecule has 0 aliphatic rings. The van der Waals surface area contributed by atoms with E-state index >= 15 is 0 Å². The number of halogens is 3. The van der Waals surface area contributed by atoms with Gasteiger partial charge in [0.1, 0.15) is 11.3 Å². The molecule has 0 radical (unpaired) electrons. The van der Waals surface area contributed by atoms with Crippen molar-refractivity contribution in [3.8, 4) is 5.75 Å². The van der Waals surface area contributed by atoms with E-state index in [4.69, 9.17) is 4.74 Å². The zero-order valence-electron chi connectivity index (χ0n) is 14.3. The molecule has 3 aromatic rings.